The summed E-state index contributed by atoms with van der Waals surface area (Å²) in [6.45, 7) is 1.82. The molecule has 2 aromatic rings. The highest BCUT2D eigenvalue weighted by atomic mass is 16.5. The van der Waals surface area contributed by atoms with Gasteiger partial charge >= 0.3 is 12.1 Å². The second-order valence-corrected chi connectivity index (χ2v) is 9.16. The fourth-order valence-corrected chi connectivity index (χ4v) is 5.09. The summed E-state index contributed by atoms with van der Waals surface area (Å²) in [4.78, 5) is 37.3. The average Bonchev–Trinajstić information content (AvgIpc) is 3.48. The van der Waals surface area contributed by atoms with Crippen LogP contribution in [0.5, 0.6) is 0 Å². The maximum absolute atomic E-state index is 12.9. The minimum absolute atomic E-state index is 0.0313. The Bertz CT molecular complexity index is 1130. The van der Waals surface area contributed by atoms with Gasteiger partial charge in [0.1, 0.15) is 12.6 Å². The minimum Gasteiger partial charge on any atom is -0.481 e. The lowest BCUT2D eigenvalue weighted by atomic mass is 9.86. The number of aliphatic carboxylic acids is 1. The molecule has 4 rings (SSSR count). The van der Waals surface area contributed by atoms with Crippen molar-refractivity contribution in [2.45, 2.75) is 51.0 Å². The van der Waals surface area contributed by atoms with E-state index in [4.69, 9.17) is 4.74 Å². The molecule has 2 aliphatic rings. The van der Waals surface area contributed by atoms with E-state index in [-0.39, 0.29) is 25.5 Å². The molecule has 0 aliphatic heterocycles. The number of ether oxygens (including phenoxy) is 1. The fourth-order valence-electron chi connectivity index (χ4n) is 5.09. The Kier molecular flexibility index (Phi) is 7.40. The highest BCUT2D eigenvalue weighted by Crippen LogP contribution is 2.44. The third kappa shape index (κ3) is 5.17. The van der Waals surface area contributed by atoms with Crippen LogP contribution in [0.4, 0.5) is 4.79 Å². The number of rotatable bonds is 8. The van der Waals surface area contributed by atoms with Gasteiger partial charge in [-0.3, -0.25) is 9.59 Å². The number of carbonyl (C=O) groups is 3. The van der Waals surface area contributed by atoms with E-state index in [0.29, 0.717) is 12.8 Å². The molecule has 0 aromatic heterocycles. The van der Waals surface area contributed by atoms with Gasteiger partial charge in [0.25, 0.3) is 0 Å². The van der Waals surface area contributed by atoms with Gasteiger partial charge in [0.05, 0.1) is 5.41 Å². The maximum atomic E-state index is 12.9. The number of benzene rings is 2. The van der Waals surface area contributed by atoms with Crippen molar-refractivity contribution >= 4 is 18.0 Å². The first kappa shape index (κ1) is 24.3. The molecule has 35 heavy (non-hydrogen) atoms. The molecule has 1 fully saturated rings. The predicted molar refractivity (Wildman–Crippen MR) is 132 cm³/mol. The standard InChI is InChI=1S/C28H30N2O5/c1-2-3-14-24(25(31)29-18-28(26(32)33)15-8-9-16-28)30-27(34)35-17-23-21-12-6-4-10-19(21)20-11-5-7-13-22(20)23/h4-7,10-13,23-24H,8-9,14-18H2,1H3,(H,29,31)(H,30,34)(H,32,33). The smallest absolute Gasteiger partial charge is 0.407 e. The number of carboxylic acid groups (broad SMARTS) is 1. The summed E-state index contributed by atoms with van der Waals surface area (Å²) < 4.78 is 5.56. The van der Waals surface area contributed by atoms with E-state index in [1.807, 2.05) is 36.4 Å². The third-order valence-corrected chi connectivity index (χ3v) is 7.05. The summed E-state index contributed by atoms with van der Waals surface area (Å²) in [6.07, 6.45) is 2.10. The van der Waals surface area contributed by atoms with E-state index in [1.165, 1.54) is 0 Å². The van der Waals surface area contributed by atoms with Crippen LogP contribution in [0.15, 0.2) is 48.5 Å². The van der Waals surface area contributed by atoms with E-state index in [0.717, 1.165) is 35.1 Å². The Hall–Kier alpha value is -3.79. The number of amides is 2. The number of carbonyl (C=O) groups excluding carboxylic acids is 2. The molecule has 0 bridgehead atoms. The predicted octanol–water partition coefficient (Wildman–Crippen LogP) is 4.07. The Labute approximate surface area is 205 Å². The van der Waals surface area contributed by atoms with Crippen LogP contribution in [0, 0.1) is 17.3 Å². The Morgan fingerprint density at radius 1 is 1.06 bits per heavy atom. The molecule has 3 N–H and O–H groups in total. The zero-order valence-electron chi connectivity index (χ0n) is 19.8. The maximum Gasteiger partial charge on any atom is 0.407 e. The lowest BCUT2D eigenvalue weighted by Crippen LogP contribution is -2.50. The summed E-state index contributed by atoms with van der Waals surface area (Å²) in [5, 5.41) is 15.0. The number of carboxylic acids is 1. The zero-order valence-corrected chi connectivity index (χ0v) is 19.8. The first-order valence-electron chi connectivity index (χ1n) is 12.0. The van der Waals surface area contributed by atoms with Gasteiger partial charge in [0.15, 0.2) is 0 Å². The van der Waals surface area contributed by atoms with Crippen molar-refractivity contribution in [1.82, 2.24) is 10.6 Å². The highest BCUT2D eigenvalue weighted by molar-refractivity contribution is 5.87. The SMILES string of the molecule is CC#CCC(NC(=O)OCC1c2ccccc2-c2ccccc21)C(=O)NCC1(C(=O)O)CCCC1. The third-order valence-electron chi connectivity index (χ3n) is 7.05. The normalized spacial score (nSPS) is 16.3. The molecule has 0 radical (unpaired) electrons. The molecule has 182 valence electrons. The molecule has 2 aliphatic carbocycles. The first-order valence-corrected chi connectivity index (χ1v) is 12.0. The molecule has 2 amide bonds. The van der Waals surface area contributed by atoms with Gasteiger partial charge in [0.2, 0.25) is 5.91 Å². The number of fused-ring (bicyclic) bond motifs is 3. The molecular formula is C28H30N2O5. The van der Waals surface area contributed by atoms with Gasteiger partial charge in [-0.2, -0.15) is 0 Å². The molecule has 1 saturated carbocycles. The number of nitrogens with one attached hydrogen (secondary N) is 2. The second kappa shape index (κ2) is 10.6. The zero-order chi connectivity index (χ0) is 24.8. The van der Waals surface area contributed by atoms with E-state index in [9.17, 15) is 19.5 Å². The van der Waals surface area contributed by atoms with Gasteiger partial charge in [-0.15, -0.1) is 11.8 Å². The van der Waals surface area contributed by atoms with E-state index in [1.54, 1.807) is 6.92 Å². The van der Waals surface area contributed by atoms with Crippen molar-refractivity contribution in [3.8, 4) is 23.0 Å². The van der Waals surface area contributed by atoms with Gasteiger partial charge in [-0.25, -0.2) is 4.79 Å². The van der Waals surface area contributed by atoms with E-state index in [2.05, 4.69) is 34.6 Å². The average molecular weight is 475 g/mol. The summed E-state index contributed by atoms with van der Waals surface area (Å²) in [5.41, 5.74) is 3.52. The van der Waals surface area contributed by atoms with Crippen LogP contribution < -0.4 is 10.6 Å². The van der Waals surface area contributed by atoms with Crippen molar-refractivity contribution in [3.05, 3.63) is 59.7 Å². The van der Waals surface area contributed by atoms with Gasteiger partial charge in [-0.05, 0) is 42.0 Å². The lowest BCUT2D eigenvalue weighted by Gasteiger charge is -2.25. The first-order chi connectivity index (χ1) is 16.9. The van der Waals surface area contributed by atoms with Crippen molar-refractivity contribution in [2.24, 2.45) is 5.41 Å². The molecule has 1 unspecified atom stereocenters. The van der Waals surface area contributed by atoms with Crippen molar-refractivity contribution in [1.29, 1.82) is 0 Å². The second-order valence-electron chi connectivity index (χ2n) is 9.16. The molecule has 2 aromatic carbocycles. The minimum atomic E-state index is -0.944. The Morgan fingerprint density at radius 2 is 1.66 bits per heavy atom. The molecular weight excluding hydrogens is 444 g/mol. The summed E-state index contributed by atoms with van der Waals surface area (Å²) in [7, 11) is 0. The van der Waals surface area contributed by atoms with Gasteiger partial charge < -0.3 is 20.5 Å². The van der Waals surface area contributed by atoms with Crippen LogP contribution >= 0.6 is 0 Å². The van der Waals surface area contributed by atoms with E-state index < -0.39 is 29.4 Å². The molecule has 7 heteroatoms. The van der Waals surface area contributed by atoms with Crippen LogP contribution in [0.25, 0.3) is 11.1 Å². The molecule has 1 atom stereocenters. The van der Waals surface area contributed by atoms with Crippen molar-refractivity contribution in [2.75, 3.05) is 13.2 Å². The number of hydrogen-bond donors (Lipinski definition) is 3. The molecule has 0 saturated heterocycles. The molecule has 0 heterocycles. The van der Waals surface area contributed by atoms with Gasteiger partial charge in [-0.1, -0.05) is 61.4 Å². The highest BCUT2D eigenvalue weighted by Gasteiger charge is 2.42. The van der Waals surface area contributed by atoms with Crippen LogP contribution in [0.2, 0.25) is 0 Å². The van der Waals surface area contributed by atoms with Crippen LogP contribution in [-0.4, -0.2) is 42.3 Å². The number of alkyl carbamates (subject to hydrolysis) is 1. The topological polar surface area (TPSA) is 105 Å². The molecule has 0 spiro atoms. The van der Waals surface area contributed by atoms with Gasteiger partial charge in [0, 0.05) is 18.9 Å². The largest absolute Gasteiger partial charge is 0.481 e. The summed E-state index contributed by atoms with van der Waals surface area (Å²) in [6, 6.07) is 15.2. The molecule has 7 nitrogen and oxygen atoms in total. The lowest BCUT2D eigenvalue weighted by molar-refractivity contribution is -0.148. The fraction of sp³-hybridized carbons (Fsp3) is 0.393. The number of hydrogen-bond acceptors (Lipinski definition) is 4. The van der Waals surface area contributed by atoms with Crippen molar-refractivity contribution in [3.63, 3.8) is 0 Å². The van der Waals surface area contributed by atoms with Crippen LogP contribution in [0.1, 0.15) is 56.1 Å². The van der Waals surface area contributed by atoms with E-state index >= 15 is 0 Å². The van der Waals surface area contributed by atoms with Crippen LogP contribution in [0.3, 0.4) is 0 Å². The monoisotopic (exact) mass is 474 g/mol. The van der Waals surface area contributed by atoms with Crippen molar-refractivity contribution < 1.29 is 24.2 Å². The summed E-state index contributed by atoms with van der Waals surface area (Å²) in [5.74, 6) is 4.10. The summed E-state index contributed by atoms with van der Waals surface area (Å²) >= 11 is 0. The Morgan fingerprint density at radius 3 is 2.23 bits per heavy atom. The van der Waals surface area contributed by atoms with Crippen LogP contribution in [-0.2, 0) is 14.3 Å². The quantitative estimate of drug-likeness (QED) is 0.501. The Balaban J connectivity index is 1.39.